The summed E-state index contributed by atoms with van der Waals surface area (Å²) in [5.41, 5.74) is 7.48. The molecule has 0 bridgehead atoms. The summed E-state index contributed by atoms with van der Waals surface area (Å²) < 4.78 is 5.49. The van der Waals surface area contributed by atoms with Crippen molar-refractivity contribution in [3.05, 3.63) is 42.0 Å². The highest BCUT2D eigenvalue weighted by molar-refractivity contribution is 5.91. The van der Waals surface area contributed by atoms with Crippen molar-refractivity contribution in [2.75, 3.05) is 20.2 Å². The van der Waals surface area contributed by atoms with Crippen LogP contribution in [0, 0.1) is 5.92 Å². The van der Waals surface area contributed by atoms with E-state index in [1.165, 1.54) is 35.7 Å². The second-order valence-corrected chi connectivity index (χ2v) is 6.47. The number of hydrogen-bond acceptors (Lipinski definition) is 3. The fourth-order valence-electron chi connectivity index (χ4n) is 3.55. The Morgan fingerprint density at radius 3 is 2.73 bits per heavy atom. The molecule has 1 aliphatic heterocycles. The number of piperidine rings is 1. The highest BCUT2D eigenvalue weighted by Gasteiger charge is 2.23. The Labute approximate surface area is 133 Å². The van der Waals surface area contributed by atoms with Crippen LogP contribution in [0.25, 0.3) is 10.8 Å². The molecule has 0 saturated carbocycles. The van der Waals surface area contributed by atoms with Gasteiger partial charge in [-0.05, 0) is 49.2 Å². The second kappa shape index (κ2) is 6.67. The third-order valence-corrected chi connectivity index (χ3v) is 4.87. The highest BCUT2D eigenvalue weighted by atomic mass is 16.5. The molecule has 0 aromatic heterocycles. The van der Waals surface area contributed by atoms with E-state index in [0.29, 0.717) is 5.92 Å². The zero-order valence-electron chi connectivity index (χ0n) is 13.6. The molecule has 2 unspecified atom stereocenters. The molecule has 3 nitrogen and oxygen atoms in total. The molecule has 118 valence electrons. The van der Waals surface area contributed by atoms with Crippen molar-refractivity contribution < 1.29 is 4.74 Å². The van der Waals surface area contributed by atoms with Gasteiger partial charge in [0.1, 0.15) is 5.75 Å². The van der Waals surface area contributed by atoms with Crippen molar-refractivity contribution in [2.45, 2.75) is 32.4 Å². The first-order valence-electron chi connectivity index (χ1n) is 8.21. The molecule has 0 amide bonds. The lowest BCUT2D eigenvalue weighted by atomic mass is 9.91. The number of nitrogens with two attached hydrogens (primary N) is 1. The van der Waals surface area contributed by atoms with Gasteiger partial charge >= 0.3 is 0 Å². The lowest BCUT2D eigenvalue weighted by Gasteiger charge is -2.34. The van der Waals surface area contributed by atoms with Crippen molar-refractivity contribution in [3.63, 3.8) is 0 Å². The molecular weight excluding hydrogens is 272 g/mol. The van der Waals surface area contributed by atoms with Gasteiger partial charge in [-0.25, -0.2) is 0 Å². The van der Waals surface area contributed by atoms with Crippen LogP contribution in [-0.2, 0) is 6.54 Å². The predicted molar refractivity (Wildman–Crippen MR) is 92.2 cm³/mol. The number of ether oxygens (including phenoxy) is 1. The van der Waals surface area contributed by atoms with E-state index >= 15 is 0 Å². The summed E-state index contributed by atoms with van der Waals surface area (Å²) in [6, 6.07) is 13.1. The van der Waals surface area contributed by atoms with E-state index in [9.17, 15) is 0 Å². The van der Waals surface area contributed by atoms with Gasteiger partial charge in [0.2, 0.25) is 0 Å². The molecule has 2 N–H and O–H groups in total. The highest BCUT2D eigenvalue weighted by Crippen LogP contribution is 2.30. The predicted octanol–water partition coefficient (Wildman–Crippen LogP) is 3.41. The fourth-order valence-corrected chi connectivity index (χ4v) is 3.55. The summed E-state index contributed by atoms with van der Waals surface area (Å²) in [5.74, 6) is 1.57. The SMILES string of the molecule is COc1ccc(CN2CCCC(C(C)N)C2)c2ccccc12. The largest absolute Gasteiger partial charge is 0.496 e. The van der Waals surface area contributed by atoms with E-state index in [-0.39, 0.29) is 6.04 Å². The van der Waals surface area contributed by atoms with Gasteiger partial charge in [-0.1, -0.05) is 30.3 Å². The molecule has 0 radical (unpaired) electrons. The Morgan fingerprint density at radius 1 is 1.23 bits per heavy atom. The van der Waals surface area contributed by atoms with Crippen molar-refractivity contribution in [1.82, 2.24) is 4.90 Å². The zero-order valence-corrected chi connectivity index (χ0v) is 13.6. The van der Waals surface area contributed by atoms with Crippen molar-refractivity contribution in [2.24, 2.45) is 11.7 Å². The maximum Gasteiger partial charge on any atom is 0.126 e. The average molecular weight is 298 g/mol. The van der Waals surface area contributed by atoms with Crippen molar-refractivity contribution in [3.8, 4) is 5.75 Å². The Kier molecular flexibility index (Phi) is 4.65. The normalized spacial score (nSPS) is 21.0. The molecule has 3 heteroatoms. The monoisotopic (exact) mass is 298 g/mol. The van der Waals surface area contributed by atoms with Crippen LogP contribution < -0.4 is 10.5 Å². The van der Waals surface area contributed by atoms with E-state index in [0.717, 1.165) is 18.8 Å². The molecule has 2 aromatic carbocycles. The molecule has 0 spiro atoms. The van der Waals surface area contributed by atoms with E-state index in [4.69, 9.17) is 10.5 Å². The molecule has 1 saturated heterocycles. The number of nitrogens with zero attached hydrogens (tertiary/aromatic N) is 1. The minimum atomic E-state index is 0.287. The Balaban J connectivity index is 1.85. The summed E-state index contributed by atoms with van der Waals surface area (Å²) in [6.45, 7) is 5.41. The Morgan fingerprint density at radius 2 is 2.00 bits per heavy atom. The smallest absolute Gasteiger partial charge is 0.126 e. The maximum absolute atomic E-state index is 6.11. The van der Waals surface area contributed by atoms with Crippen LogP contribution in [0.1, 0.15) is 25.3 Å². The zero-order chi connectivity index (χ0) is 15.5. The van der Waals surface area contributed by atoms with Gasteiger partial charge in [-0.15, -0.1) is 0 Å². The third kappa shape index (κ3) is 3.11. The summed E-state index contributed by atoms with van der Waals surface area (Å²) >= 11 is 0. The summed E-state index contributed by atoms with van der Waals surface area (Å²) in [4.78, 5) is 2.55. The van der Waals surface area contributed by atoms with E-state index in [1.54, 1.807) is 7.11 Å². The van der Waals surface area contributed by atoms with Gasteiger partial charge in [-0.2, -0.15) is 0 Å². The average Bonchev–Trinajstić information content (AvgIpc) is 2.55. The van der Waals surface area contributed by atoms with E-state index < -0.39 is 0 Å². The molecule has 1 fully saturated rings. The summed E-state index contributed by atoms with van der Waals surface area (Å²) in [7, 11) is 1.74. The fraction of sp³-hybridized carbons (Fsp3) is 0.474. The van der Waals surface area contributed by atoms with Crippen molar-refractivity contribution in [1.29, 1.82) is 0 Å². The number of fused-ring (bicyclic) bond motifs is 1. The molecule has 22 heavy (non-hydrogen) atoms. The topological polar surface area (TPSA) is 38.5 Å². The van der Waals surface area contributed by atoms with Gasteiger partial charge in [0, 0.05) is 24.5 Å². The first-order chi connectivity index (χ1) is 10.7. The molecule has 1 aliphatic rings. The maximum atomic E-state index is 6.11. The van der Waals surface area contributed by atoms with Gasteiger partial charge in [0.15, 0.2) is 0 Å². The number of benzene rings is 2. The van der Waals surface area contributed by atoms with Gasteiger partial charge in [0.25, 0.3) is 0 Å². The minimum Gasteiger partial charge on any atom is -0.496 e. The lowest BCUT2D eigenvalue weighted by molar-refractivity contribution is 0.155. The van der Waals surface area contributed by atoms with E-state index in [1.807, 2.05) is 0 Å². The second-order valence-electron chi connectivity index (χ2n) is 6.47. The number of likely N-dealkylation sites (tertiary alicyclic amines) is 1. The summed E-state index contributed by atoms with van der Waals surface area (Å²) in [6.07, 6.45) is 2.51. The number of hydrogen-bond donors (Lipinski definition) is 1. The summed E-state index contributed by atoms with van der Waals surface area (Å²) in [5, 5.41) is 2.49. The molecular formula is C19H26N2O. The van der Waals surface area contributed by atoms with Gasteiger partial charge in [-0.3, -0.25) is 4.90 Å². The molecule has 1 heterocycles. The van der Waals surface area contributed by atoms with Crippen LogP contribution in [-0.4, -0.2) is 31.1 Å². The standard InChI is InChI=1S/C19H26N2O/c1-14(20)15-6-5-11-21(12-15)13-16-9-10-19(22-2)18-8-4-3-7-17(16)18/h3-4,7-10,14-15H,5-6,11-13,20H2,1-2H3. The molecule has 3 rings (SSSR count). The molecule has 0 aliphatic carbocycles. The first-order valence-corrected chi connectivity index (χ1v) is 8.21. The van der Waals surface area contributed by atoms with Crippen molar-refractivity contribution >= 4 is 10.8 Å². The Hall–Kier alpha value is -1.58. The van der Waals surface area contributed by atoms with Crippen LogP contribution in [0.3, 0.4) is 0 Å². The number of rotatable bonds is 4. The van der Waals surface area contributed by atoms with Crippen LogP contribution in [0.5, 0.6) is 5.75 Å². The van der Waals surface area contributed by atoms with Crippen LogP contribution >= 0.6 is 0 Å². The molecule has 2 atom stereocenters. The third-order valence-electron chi connectivity index (χ3n) is 4.87. The quantitative estimate of drug-likeness (QED) is 0.940. The van der Waals surface area contributed by atoms with Crippen LogP contribution in [0.2, 0.25) is 0 Å². The minimum absolute atomic E-state index is 0.287. The number of methoxy groups -OCH3 is 1. The first kappa shape index (κ1) is 15.3. The van der Waals surface area contributed by atoms with Crippen LogP contribution in [0.15, 0.2) is 36.4 Å². The Bertz CT molecular complexity index is 638. The molecule has 2 aromatic rings. The van der Waals surface area contributed by atoms with Crippen LogP contribution in [0.4, 0.5) is 0 Å². The van der Waals surface area contributed by atoms with Gasteiger partial charge < -0.3 is 10.5 Å². The lowest BCUT2D eigenvalue weighted by Crippen LogP contribution is -2.41. The van der Waals surface area contributed by atoms with E-state index in [2.05, 4.69) is 48.2 Å². The van der Waals surface area contributed by atoms with Gasteiger partial charge in [0.05, 0.1) is 7.11 Å².